The van der Waals surface area contributed by atoms with Crippen LogP contribution in [0.2, 0.25) is 0 Å². The summed E-state index contributed by atoms with van der Waals surface area (Å²) in [7, 11) is 0. The Bertz CT molecular complexity index is 1200. The molecule has 4 aliphatic rings. The Morgan fingerprint density at radius 2 is 1.02 bits per heavy atom. The van der Waals surface area contributed by atoms with Gasteiger partial charge in [-0.3, -0.25) is 9.59 Å². The number of carbonyl (C=O) groups is 2. The van der Waals surface area contributed by atoms with E-state index in [1.54, 1.807) is 24.3 Å². The van der Waals surface area contributed by atoms with Crippen molar-refractivity contribution in [2.45, 2.75) is 90.8 Å². The van der Waals surface area contributed by atoms with Gasteiger partial charge in [0.25, 0.3) is 11.8 Å². The van der Waals surface area contributed by atoms with Crippen LogP contribution in [0.25, 0.3) is 0 Å². The van der Waals surface area contributed by atoms with Gasteiger partial charge in [-0.05, 0) is 36.1 Å². The third-order valence-corrected chi connectivity index (χ3v) is 7.44. The van der Waals surface area contributed by atoms with Gasteiger partial charge in [-0.2, -0.15) is 0 Å². The summed E-state index contributed by atoms with van der Waals surface area (Å²) >= 11 is 0. The zero-order valence-electron chi connectivity index (χ0n) is 26.5. The van der Waals surface area contributed by atoms with E-state index in [1.807, 2.05) is 41.5 Å². The molecule has 0 radical (unpaired) electrons. The fraction of sp³-hybridized carbons (Fsp3) is 0.500. The van der Waals surface area contributed by atoms with Gasteiger partial charge < -0.3 is 36.5 Å². The fourth-order valence-corrected chi connectivity index (χ4v) is 5.44. The number of nitrogens with one attached hydrogen (secondary N) is 2. The number of allylic oxidation sites excluding steroid dienone is 8. The van der Waals surface area contributed by atoms with E-state index in [2.05, 4.69) is 20.6 Å². The summed E-state index contributed by atoms with van der Waals surface area (Å²) in [5.41, 5.74) is 2.13. The number of rotatable bonds is 10. The number of hydrogen-bond acceptors (Lipinski definition) is 8. The highest BCUT2D eigenvalue weighted by molar-refractivity contribution is 6.14. The molecule has 0 aromatic heterocycles. The summed E-state index contributed by atoms with van der Waals surface area (Å²) in [5.74, 6) is -1.48. The molecule has 4 rings (SSSR count). The Morgan fingerprint density at radius 1 is 0.689 bits per heavy atom. The molecule has 0 fully saturated rings. The van der Waals surface area contributed by atoms with Crippen molar-refractivity contribution in [2.75, 3.05) is 0 Å². The van der Waals surface area contributed by atoms with Crippen LogP contribution in [-0.2, 0) is 9.59 Å². The topological polar surface area (TPSA) is 195 Å². The van der Waals surface area contributed by atoms with Gasteiger partial charge in [0.2, 0.25) is 0 Å². The number of aliphatic hydroxyl groups is 4. The lowest BCUT2D eigenvalue weighted by Crippen LogP contribution is -2.46. The fourth-order valence-electron chi connectivity index (χ4n) is 5.44. The Labute approximate surface area is 277 Å². The standard InChI is InChI=1S/2C16H22N2O3.2ClH.H2O/c2*1-4-12(17-9(2)3)16(21)11-5-7-13(19)15-10(11)6-8-14(20)18-15;;;/h2*5-10,12,16-17,19,21H,4H2,1-3H3;2*1H;1H2/t2*10?,12-,16+;;;/m11.../s1. The van der Waals surface area contributed by atoms with Crippen molar-refractivity contribution >= 4 is 48.1 Å². The maximum absolute atomic E-state index is 11.4. The van der Waals surface area contributed by atoms with Gasteiger partial charge in [0, 0.05) is 48.2 Å². The number of nitrogens with zero attached hydrogens (tertiary/aromatic N) is 2. The smallest absolute Gasteiger partial charge is 0.269 e. The Hall–Kier alpha value is -2.90. The second-order valence-electron chi connectivity index (χ2n) is 11.3. The molecular weight excluding hydrogens is 623 g/mol. The van der Waals surface area contributed by atoms with Gasteiger partial charge in [0.05, 0.1) is 23.6 Å². The summed E-state index contributed by atoms with van der Waals surface area (Å²) in [5, 5.41) is 47.7. The van der Waals surface area contributed by atoms with Gasteiger partial charge in [0.1, 0.15) is 11.5 Å². The monoisotopic (exact) mass is 670 g/mol. The number of aliphatic imine (C=N–C) groups is 2. The highest BCUT2D eigenvalue weighted by atomic mass is 35.5. The normalized spacial score (nSPS) is 22.5. The minimum atomic E-state index is -0.699. The van der Waals surface area contributed by atoms with Crippen molar-refractivity contribution in [1.82, 2.24) is 10.6 Å². The van der Waals surface area contributed by atoms with Crippen molar-refractivity contribution in [3.63, 3.8) is 0 Å². The molecule has 6 atom stereocenters. The molecular formula is C32H48Cl2N4O7. The molecule has 2 aliphatic heterocycles. The first-order valence-electron chi connectivity index (χ1n) is 14.6. The molecule has 8 N–H and O–H groups in total. The minimum Gasteiger partial charge on any atom is -0.506 e. The first-order valence-corrected chi connectivity index (χ1v) is 14.6. The number of carbonyl (C=O) groups excluding carboxylic acids is 2. The molecule has 0 saturated carbocycles. The summed E-state index contributed by atoms with van der Waals surface area (Å²) in [6.07, 6.45) is 12.7. The molecule has 11 nitrogen and oxygen atoms in total. The number of halogens is 2. The molecule has 2 unspecified atom stereocenters. The van der Waals surface area contributed by atoms with E-state index in [1.165, 1.54) is 24.3 Å². The summed E-state index contributed by atoms with van der Waals surface area (Å²) in [6.45, 7) is 12.1. The van der Waals surface area contributed by atoms with Crippen LogP contribution in [0.4, 0.5) is 0 Å². The molecule has 2 aliphatic carbocycles. The zero-order valence-corrected chi connectivity index (χ0v) is 28.1. The van der Waals surface area contributed by atoms with E-state index in [0.717, 1.165) is 24.0 Å². The van der Waals surface area contributed by atoms with Gasteiger partial charge in [-0.1, -0.05) is 65.8 Å². The molecule has 13 heteroatoms. The average Bonchev–Trinajstić information content (AvgIpc) is 2.95. The third kappa shape index (κ3) is 10.6. The van der Waals surface area contributed by atoms with Crippen LogP contribution < -0.4 is 10.6 Å². The van der Waals surface area contributed by atoms with Crippen LogP contribution in [0.1, 0.15) is 54.4 Å². The lowest BCUT2D eigenvalue weighted by atomic mass is 9.81. The largest absolute Gasteiger partial charge is 0.506 e. The summed E-state index contributed by atoms with van der Waals surface area (Å²) < 4.78 is 0. The first kappa shape index (κ1) is 42.1. The van der Waals surface area contributed by atoms with Gasteiger partial charge in [-0.25, -0.2) is 9.98 Å². The van der Waals surface area contributed by atoms with Crippen molar-refractivity contribution in [1.29, 1.82) is 0 Å². The van der Waals surface area contributed by atoms with E-state index in [-0.39, 0.29) is 89.6 Å². The summed E-state index contributed by atoms with van der Waals surface area (Å²) in [4.78, 5) is 30.5. The second-order valence-corrected chi connectivity index (χ2v) is 11.3. The number of fused-ring (bicyclic) bond motifs is 2. The van der Waals surface area contributed by atoms with Crippen molar-refractivity contribution in [3.8, 4) is 0 Å². The average molecular weight is 672 g/mol. The molecule has 2 amide bonds. The molecule has 0 saturated heterocycles. The van der Waals surface area contributed by atoms with Gasteiger partial charge >= 0.3 is 0 Å². The van der Waals surface area contributed by atoms with Crippen molar-refractivity contribution < 1.29 is 35.5 Å². The Morgan fingerprint density at radius 3 is 1.31 bits per heavy atom. The maximum Gasteiger partial charge on any atom is 0.269 e. The molecule has 0 aromatic carbocycles. The molecule has 0 bridgehead atoms. The lowest BCUT2D eigenvalue weighted by molar-refractivity contribution is -0.114. The highest BCUT2D eigenvalue weighted by Gasteiger charge is 2.35. The van der Waals surface area contributed by atoms with Crippen molar-refractivity contribution in [2.24, 2.45) is 21.8 Å². The first-order chi connectivity index (χ1) is 19.9. The zero-order chi connectivity index (χ0) is 31.1. The lowest BCUT2D eigenvalue weighted by Gasteiger charge is -2.32. The third-order valence-electron chi connectivity index (χ3n) is 7.44. The number of amides is 2. The van der Waals surface area contributed by atoms with E-state index >= 15 is 0 Å². The second kappa shape index (κ2) is 18.9. The van der Waals surface area contributed by atoms with Crippen molar-refractivity contribution in [3.05, 3.63) is 71.3 Å². The van der Waals surface area contributed by atoms with Crippen LogP contribution in [0, 0.1) is 11.8 Å². The van der Waals surface area contributed by atoms with Gasteiger partial charge in [-0.15, -0.1) is 24.8 Å². The van der Waals surface area contributed by atoms with Gasteiger partial charge in [0.15, 0.2) is 0 Å². The SMILES string of the molecule is CC[C@@H](NC(C)C)[C@@H](O)C1=CC=C(O)C2=NC(=O)C=CC12.CC[C@@H](NC(C)C)[C@@H](O)C1=CC=C(O)C2=NC(=O)C=CC12.Cl.Cl.O. The molecule has 0 spiro atoms. The highest BCUT2D eigenvalue weighted by Crippen LogP contribution is 2.31. The van der Waals surface area contributed by atoms with Crippen LogP contribution in [-0.4, -0.2) is 85.5 Å². The van der Waals surface area contributed by atoms with E-state index in [4.69, 9.17) is 0 Å². The van der Waals surface area contributed by atoms with Crippen LogP contribution >= 0.6 is 24.8 Å². The Kier molecular flexibility index (Phi) is 17.7. The Balaban J connectivity index is 0.000000807. The quantitative estimate of drug-likeness (QED) is 0.203. The summed E-state index contributed by atoms with van der Waals surface area (Å²) in [6, 6.07) is 0.345. The predicted octanol–water partition coefficient (Wildman–Crippen LogP) is 3.34. The minimum absolute atomic E-state index is 0. The van der Waals surface area contributed by atoms with E-state index < -0.39 is 12.2 Å². The predicted molar refractivity (Wildman–Crippen MR) is 183 cm³/mol. The number of hydrogen-bond donors (Lipinski definition) is 6. The molecule has 2 heterocycles. The number of aliphatic hydroxyl groups excluding tert-OH is 4. The van der Waals surface area contributed by atoms with Crippen LogP contribution in [0.5, 0.6) is 0 Å². The van der Waals surface area contributed by atoms with Crippen LogP contribution in [0.3, 0.4) is 0 Å². The molecule has 45 heavy (non-hydrogen) atoms. The maximum atomic E-state index is 11.4. The van der Waals surface area contributed by atoms with Crippen LogP contribution in [0.15, 0.2) is 81.3 Å². The number of dihydropyridines is 2. The molecule has 0 aromatic rings. The molecule has 252 valence electrons. The van der Waals surface area contributed by atoms with E-state index in [0.29, 0.717) is 11.4 Å². The van der Waals surface area contributed by atoms with E-state index in [9.17, 15) is 30.0 Å².